The van der Waals surface area contributed by atoms with Gasteiger partial charge in [0.1, 0.15) is 30.0 Å². The predicted molar refractivity (Wildman–Crippen MR) is 110 cm³/mol. The molecule has 4 aromatic rings. The second-order valence-electron chi connectivity index (χ2n) is 6.55. The molecule has 0 fully saturated rings. The average Bonchev–Trinajstić information content (AvgIpc) is 2.73. The molecule has 0 radical (unpaired) electrons. The van der Waals surface area contributed by atoms with Gasteiger partial charge in [0.05, 0.1) is 18.1 Å². The number of benzene rings is 3. The van der Waals surface area contributed by atoms with Crippen LogP contribution >= 0.6 is 0 Å². The van der Waals surface area contributed by atoms with Crippen LogP contribution in [0.25, 0.3) is 22.1 Å². The quantitative estimate of drug-likeness (QED) is 0.473. The molecule has 0 spiro atoms. The number of methoxy groups -OCH3 is 1. The molecule has 4 nitrogen and oxygen atoms in total. The summed E-state index contributed by atoms with van der Waals surface area (Å²) >= 11 is 0. The van der Waals surface area contributed by atoms with E-state index in [9.17, 15) is 4.79 Å². The molecule has 0 aliphatic heterocycles. The van der Waals surface area contributed by atoms with E-state index in [1.54, 1.807) is 25.3 Å². The minimum atomic E-state index is -0.101. The third kappa shape index (κ3) is 3.37. The number of para-hydroxylation sites is 1. The van der Waals surface area contributed by atoms with Crippen LogP contribution in [0.2, 0.25) is 0 Å². The predicted octanol–water partition coefficient (Wildman–Crippen LogP) is 5.36. The number of hydrogen-bond donors (Lipinski definition) is 0. The summed E-state index contributed by atoms with van der Waals surface area (Å²) in [6.45, 7) is 2.51. The van der Waals surface area contributed by atoms with E-state index in [1.807, 2.05) is 42.5 Å². The molecule has 0 aliphatic rings. The van der Waals surface area contributed by atoms with Crippen molar-refractivity contribution in [1.82, 2.24) is 0 Å². The number of hydrogen-bond acceptors (Lipinski definition) is 4. The SMILES string of the molecule is COc1ccccc1-c1coc2cc(OCc3ccccc3C)ccc2c1=O. The second kappa shape index (κ2) is 7.61. The zero-order valence-electron chi connectivity index (χ0n) is 15.8. The van der Waals surface area contributed by atoms with E-state index in [0.29, 0.717) is 40.2 Å². The highest BCUT2D eigenvalue weighted by molar-refractivity contribution is 5.83. The van der Waals surface area contributed by atoms with Crippen LogP contribution < -0.4 is 14.9 Å². The minimum absolute atomic E-state index is 0.101. The van der Waals surface area contributed by atoms with E-state index < -0.39 is 0 Å². The van der Waals surface area contributed by atoms with E-state index in [4.69, 9.17) is 13.9 Å². The van der Waals surface area contributed by atoms with Gasteiger partial charge in [-0.1, -0.05) is 42.5 Å². The zero-order chi connectivity index (χ0) is 19.5. The van der Waals surface area contributed by atoms with Crippen LogP contribution in [0.3, 0.4) is 0 Å². The summed E-state index contributed by atoms with van der Waals surface area (Å²) in [5, 5.41) is 0.506. The zero-order valence-corrected chi connectivity index (χ0v) is 15.8. The molecule has 0 amide bonds. The standard InChI is InChI=1S/C24H20O4/c1-16-7-3-4-8-17(16)14-27-18-11-12-20-23(13-18)28-15-21(24(20)25)19-9-5-6-10-22(19)26-2/h3-13,15H,14H2,1-2H3. The fourth-order valence-electron chi connectivity index (χ4n) is 3.18. The normalized spacial score (nSPS) is 10.8. The molecule has 1 heterocycles. The van der Waals surface area contributed by atoms with E-state index in [1.165, 1.54) is 11.8 Å². The maximum Gasteiger partial charge on any atom is 0.200 e. The minimum Gasteiger partial charge on any atom is -0.496 e. The van der Waals surface area contributed by atoms with Crippen molar-refractivity contribution in [2.75, 3.05) is 7.11 Å². The van der Waals surface area contributed by atoms with Crippen LogP contribution in [0.1, 0.15) is 11.1 Å². The van der Waals surface area contributed by atoms with Crippen molar-refractivity contribution in [3.8, 4) is 22.6 Å². The van der Waals surface area contributed by atoms with Crippen molar-refractivity contribution in [2.24, 2.45) is 0 Å². The maximum absolute atomic E-state index is 13.0. The van der Waals surface area contributed by atoms with Crippen molar-refractivity contribution in [3.05, 3.63) is 94.3 Å². The first-order valence-corrected chi connectivity index (χ1v) is 9.03. The molecule has 28 heavy (non-hydrogen) atoms. The summed E-state index contributed by atoms with van der Waals surface area (Å²) in [5.74, 6) is 1.29. The molecule has 0 N–H and O–H groups in total. The Kier molecular flexibility index (Phi) is 4.85. The fourth-order valence-corrected chi connectivity index (χ4v) is 3.18. The molecule has 0 bridgehead atoms. The largest absolute Gasteiger partial charge is 0.496 e. The molecule has 0 saturated carbocycles. The molecule has 4 rings (SSSR count). The van der Waals surface area contributed by atoms with Gasteiger partial charge in [-0.25, -0.2) is 0 Å². The Morgan fingerprint density at radius 1 is 0.929 bits per heavy atom. The van der Waals surface area contributed by atoms with Gasteiger partial charge in [-0.15, -0.1) is 0 Å². The number of aryl methyl sites for hydroxylation is 1. The Balaban J connectivity index is 1.67. The molecule has 0 unspecified atom stereocenters. The van der Waals surface area contributed by atoms with Crippen LogP contribution in [-0.2, 0) is 6.61 Å². The average molecular weight is 372 g/mol. The first-order chi connectivity index (χ1) is 13.7. The summed E-state index contributed by atoms with van der Waals surface area (Å²) < 4.78 is 17.0. The van der Waals surface area contributed by atoms with E-state index in [-0.39, 0.29) is 5.43 Å². The third-order valence-electron chi connectivity index (χ3n) is 4.80. The van der Waals surface area contributed by atoms with Gasteiger partial charge >= 0.3 is 0 Å². The Hall–Kier alpha value is -3.53. The molecule has 4 heteroatoms. The summed E-state index contributed by atoms with van der Waals surface area (Å²) in [7, 11) is 1.58. The second-order valence-corrected chi connectivity index (χ2v) is 6.55. The van der Waals surface area contributed by atoms with Gasteiger partial charge in [-0.05, 0) is 36.2 Å². The topological polar surface area (TPSA) is 48.7 Å². The first kappa shape index (κ1) is 17.9. The van der Waals surface area contributed by atoms with Gasteiger partial charge in [0.15, 0.2) is 0 Å². The lowest BCUT2D eigenvalue weighted by Crippen LogP contribution is -2.06. The molecule has 140 valence electrons. The number of rotatable bonds is 5. The van der Waals surface area contributed by atoms with E-state index >= 15 is 0 Å². The van der Waals surface area contributed by atoms with Gasteiger partial charge < -0.3 is 13.9 Å². The van der Waals surface area contributed by atoms with Crippen LogP contribution in [-0.4, -0.2) is 7.11 Å². The first-order valence-electron chi connectivity index (χ1n) is 9.03. The maximum atomic E-state index is 13.0. The fraction of sp³-hybridized carbons (Fsp3) is 0.125. The highest BCUT2D eigenvalue weighted by atomic mass is 16.5. The lowest BCUT2D eigenvalue weighted by Gasteiger charge is -2.10. The van der Waals surface area contributed by atoms with Gasteiger partial charge in [0.2, 0.25) is 5.43 Å². The van der Waals surface area contributed by atoms with Crippen molar-refractivity contribution in [1.29, 1.82) is 0 Å². The van der Waals surface area contributed by atoms with Crippen molar-refractivity contribution in [2.45, 2.75) is 13.5 Å². The monoisotopic (exact) mass is 372 g/mol. The van der Waals surface area contributed by atoms with Crippen molar-refractivity contribution in [3.63, 3.8) is 0 Å². The van der Waals surface area contributed by atoms with Gasteiger partial charge in [-0.3, -0.25) is 4.79 Å². The lowest BCUT2D eigenvalue weighted by molar-refractivity contribution is 0.305. The Morgan fingerprint density at radius 2 is 1.71 bits per heavy atom. The Labute approximate surface area is 163 Å². The summed E-state index contributed by atoms with van der Waals surface area (Å²) in [6, 6.07) is 20.8. The highest BCUT2D eigenvalue weighted by Crippen LogP contribution is 2.29. The summed E-state index contributed by atoms with van der Waals surface area (Å²) in [4.78, 5) is 13.0. The molecule has 3 aromatic carbocycles. The van der Waals surface area contributed by atoms with E-state index in [0.717, 1.165) is 5.56 Å². The molecule has 1 aromatic heterocycles. The van der Waals surface area contributed by atoms with Crippen LogP contribution in [0, 0.1) is 6.92 Å². The van der Waals surface area contributed by atoms with E-state index in [2.05, 4.69) is 13.0 Å². The van der Waals surface area contributed by atoms with Gasteiger partial charge in [-0.2, -0.15) is 0 Å². The molecular weight excluding hydrogens is 352 g/mol. The Morgan fingerprint density at radius 3 is 2.54 bits per heavy atom. The summed E-state index contributed by atoms with van der Waals surface area (Å²) in [6.07, 6.45) is 1.48. The van der Waals surface area contributed by atoms with Crippen LogP contribution in [0.4, 0.5) is 0 Å². The highest BCUT2D eigenvalue weighted by Gasteiger charge is 2.13. The van der Waals surface area contributed by atoms with Crippen molar-refractivity contribution >= 4 is 11.0 Å². The molecule has 0 atom stereocenters. The molecular formula is C24H20O4. The van der Waals surface area contributed by atoms with Gasteiger partial charge in [0.25, 0.3) is 0 Å². The van der Waals surface area contributed by atoms with Crippen molar-refractivity contribution < 1.29 is 13.9 Å². The van der Waals surface area contributed by atoms with Crippen LogP contribution in [0.15, 0.2) is 82.2 Å². The lowest BCUT2D eigenvalue weighted by atomic mass is 10.0. The smallest absolute Gasteiger partial charge is 0.200 e. The third-order valence-corrected chi connectivity index (χ3v) is 4.80. The number of fused-ring (bicyclic) bond motifs is 1. The summed E-state index contributed by atoms with van der Waals surface area (Å²) in [5.41, 5.74) is 3.87. The molecule has 0 saturated heterocycles. The number of ether oxygens (including phenoxy) is 2. The molecule has 0 aliphatic carbocycles. The Bertz CT molecular complexity index is 1190. The van der Waals surface area contributed by atoms with Gasteiger partial charge in [0, 0.05) is 11.6 Å². The van der Waals surface area contributed by atoms with Crippen LogP contribution in [0.5, 0.6) is 11.5 Å².